The van der Waals surface area contributed by atoms with Crippen molar-refractivity contribution < 1.29 is 19.4 Å². The maximum Gasteiger partial charge on any atom is 0.254 e. The van der Waals surface area contributed by atoms with Gasteiger partial charge >= 0.3 is 0 Å². The third-order valence-corrected chi connectivity index (χ3v) is 4.86. The lowest BCUT2D eigenvalue weighted by atomic mass is 10.1. The van der Waals surface area contributed by atoms with Crippen molar-refractivity contribution in [3.63, 3.8) is 0 Å². The number of benzene rings is 2. The van der Waals surface area contributed by atoms with Crippen molar-refractivity contribution in [2.24, 2.45) is 0 Å². The Hall–Kier alpha value is -2.24. The number of hydrogen-bond acceptors (Lipinski definition) is 4. The molecule has 0 aromatic heterocycles. The van der Waals surface area contributed by atoms with Gasteiger partial charge in [0, 0.05) is 29.2 Å². The summed E-state index contributed by atoms with van der Waals surface area (Å²) in [7, 11) is 3.12. The van der Waals surface area contributed by atoms with Gasteiger partial charge in [-0.3, -0.25) is 4.79 Å². The molecule has 2 aromatic rings. The molecule has 2 rings (SSSR count). The summed E-state index contributed by atoms with van der Waals surface area (Å²) < 4.78 is 10.7. The number of aliphatic hydroxyl groups is 1. The highest BCUT2D eigenvalue weighted by molar-refractivity contribution is 6.31. The van der Waals surface area contributed by atoms with Crippen LogP contribution < -0.4 is 9.47 Å². The van der Waals surface area contributed by atoms with Crippen molar-refractivity contribution in [3.8, 4) is 11.5 Å². The lowest BCUT2D eigenvalue weighted by Crippen LogP contribution is -2.34. The summed E-state index contributed by atoms with van der Waals surface area (Å²) in [5, 5.41) is 10.1. The second kappa shape index (κ2) is 10.2. The maximum atomic E-state index is 13.0. The fourth-order valence-corrected chi connectivity index (χ4v) is 3.22. The number of aryl methyl sites for hydroxylation is 1. The molecule has 0 bridgehead atoms. The molecular formula is C21H26ClNO4. The zero-order chi connectivity index (χ0) is 19.8. The Morgan fingerprint density at radius 1 is 1.11 bits per heavy atom. The summed E-state index contributed by atoms with van der Waals surface area (Å²) in [4.78, 5) is 14.6. The molecule has 5 nitrogen and oxygen atoms in total. The van der Waals surface area contributed by atoms with Crippen LogP contribution in [0.2, 0.25) is 5.02 Å². The molecule has 27 heavy (non-hydrogen) atoms. The van der Waals surface area contributed by atoms with Gasteiger partial charge in [-0.25, -0.2) is 0 Å². The zero-order valence-electron chi connectivity index (χ0n) is 16.0. The Bertz CT molecular complexity index is 754. The molecule has 0 fully saturated rings. The molecule has 0 radical (unpaired) electrons. The SMILES string of the molecule is COc1cc(C(=O)N(CCO)CCCc2ccccc2Cl)cc(OC)c1C. The average molecular weight is 392 g/mol. The Labute approximate surface area is 165 Å². The van der Waals surface area contributed by atoms with E-state index < -0.39 is 0 Å². The number of rotatable bonds is 9. The number of carbonyl (C=O) groups is 1. The maximum absolute atomic E-state index is 13.0. The minimum atomic E-state index is -0.167. The molecule has 0 aliphatic heterocycles. The van der Waals surface area contributed by atoms with Crippen LogP contribution in [0.5, 0.6) is 11.5 Å². The molecular weight excluding hydrogens is 366 g/mol. The molecule has 0 spiro atoms. The molecule has 2 aromatic carbocycles. The highest BCUT2D eigenvalue weighted by atomic mass is 35.5. The third kappa shape index (κ3) is 5.37. The molecule has 1 amide bonds. The third-order valence-electron chi connectivity index (χ3n) is 4.49. The van der Waals surface area contributed by atoms with Gasteiger partial charge in [-0.1, -0.05) is 29.8 Å². The van der Waals surface area contributed by atoms with E-state index in [1.54, 1.807) is 31.3 Å². The predicted octanol–water partition coefficient (Wildman–Crippen LogP) is 3.73. The van der Waals surface area contributed by atoms with Crippen LogP contribution >= 0.6 is 11.6 Å². The Balaban J connectivity index is 2.13. The first-order valence-electron chi connectivity index (χ1n) is 8.88. The van der Waals surface area contributed by atoms with Crippen LogP contribution in [0.3, 0.4) is 0 Å². The number of nitrogens with zero attached hydrogens (tertiary/aromatic N) is 1. The van der Waals surface area contributed by atoms with Gasteiger partial charge in [0.2, 0.25) is 0 Å². The number of ether oxygens (including phenoxy) is 2. The molecule has 0 saturated heterocycles. The second-order valence-corrected chi connectivity index (χ2v) is 6.62. The Morgan fingerprint density at radius 2 is 1.74 bits per heavy atom. The summed E-state index contributed by atoms with van der Waals surface area (Å²) in [5.74, 6) is 1.02. The number of halogens is 1. The molecule has 0 heterocycles. The molecule has 6 heteroatoms. The van der Waals surface area contributed by atoms with Crippen LogP contribution in [-0.4, -0.2) is 49.8 Å². The average Bonchev–Trinajstić information content (AvgIpc) is 2.68. The number of carbonyl (C=O) groups excluding carboxylic acids is 1. The summed E-state index contributed by atoms with van der Waals surface area (Å²) >= 11 is 6.19. The van der Waals surface area contributed by atoms with Gasteiger partial charge in [-0.05, 0) is 43.5 Å². The van der Waals surface area contributed by atoms with E-state index in [0.717, 1.165) is 29.0 Å². The minimum Gasteiger partial charge on any atom is -0.496 e. The second-order valence-electron chi connectivity index (χ2n) is 6.22. The number of aliphatic hydroxyl groups excluding tert-OH is 1. The van der Waals surface area contributed by atoms with Crippen LogP contribution in [0.1, 0.15) is 27.9 Å². The Morgan fingerprint density at radius 3 is 2.30 bits per heavy atom. The molecule has 0 aliphatic rings. The summed E-state index contributed by atoms with van der Waals surface area (Å²) in [6, 6.07) is 11.1. The van der Waals surface area contributed by atoms with E-state index in [2.05, 4.69) is 0 Å². The molecule has 0 saturated carbocycles. The molecule has 0 atom stereocenters. The quantitative estimate of drug-likeness (QED) is 0.707. The fraction of sp³-hybridized carbons (Fsp3) is 0.381. The van der Waals surface area contributed by atoms with E-state index in [4.69, 9.17) is 21.1 Å². The van der Waals surface area contributed by atoms with Crippen molar-refractivity contribution >= 4 is 17.5 Å². The monoisotopic (exact) mass is 391 g/mol. The van der Waals surface area contributed by atoms with E-state index in [0.29, 0.717) is 23.6 Å². The van der Waals surface area contributed by atoms with Crippen molar-refractivity contribution in [2.75, 3.05) is 33.9 Å². The lowest BCUT2D eigenvalue weighted by molar-refractivity contribution is 0.0719. The normalized spacial score (nSPS) is 10.6. The first kappa shape index (κ1) is 21.1. The summed E-state index contributed by atoms with van der Waals surface area (Å²) in [6.45, 7) is 2.56. The zero-order valence-corrected chi connectivity index (χ0v) is 16.8. The van der Waals surface area contributed by atoms with E-state index >= 15 is 0 Å². The summed E-state index contributed by atoms with van der Waals surface area (Å²) in [6.07, 6.45) is 1.50. The van der Waals surface area contributed by atoms with Crippen LogP contribution in [0.4, 0.5) is 0 Å². The standard InChI is InChI=1S/C21H26ClNO4/c1-15-19(26-2)13-17(14-20(15)27-3)21(25)23(11-12-24)10-6-8-16-7-4-5-9-18(16)22/h4-5,7,9,13-14,24H,6,8,10-12H2,1-3H3. The first-order valence-corrected chi connectivity index (χ1v) is 9.25. The van der Waals surface area contributed by atoms with Crippen LogP contribution in [0.25, 0.3) is 0 Å². The molecule has 146 valence electrons. The Kier molecular flexibility index (Phi) is 7.95. The highest BCUT2D eigenvalue weighted by Gasteiger charge is 2.19. The van der Waals surface area contributed by atoms with Crippen molar-refractivity contribution in [1.29, 1.82) is 0 Å². The van der Waals surface area contributed by atoms with Gasteiger partial charge in [0.25, 0.3) is 5.91 Å². The van der Waals surface area contributed by atoms with Gasteiger partial charge in [0.05, 0.1) is 20.8 Å². The number of methoxy groups -OCH3 is 2. The van der Waals surface area contributed by atoms with Crippen LogP contribution in [0.15, 0.2) is 36.4 Å². The van der Waals surface area contributed by atoms with Gasteiger partial charge in [0.1, 0.15) is 11.5 Å². The largest absolute Gasteiger partial charge is 0.496 e. The number of amides is 1. The van der Waals surface area contributed by atoms with Gasteiger partial charge in [-0.15, -0.1) is 0 Å². The van der Waals surface area contributed by atoms with E-state index in [1.165, 1.54) is 0 Å². The highest BCUT2D eigenvalue weighted by Crippen LogP contribution is 2.30. The smallest absolute Gasteiger partial charge is 0.254 e. The van der Waals surface area contributed by atoms with Crippen molar-refractivity contribution in [3.05, 3.63) is 58.1 Å². The number of hydrogen-bond donors (Lipinski definition) is 1. The van der Waals surface area contributed by atoms with Crippen LogP contribution in [-0.2, 0) is 6.42 Å². The summed E-state index contributed by atoms with van der Waals surface area (Å²) in [5.41, 5.74) is 2.36. The molecule has 0 unspecified atom stereocenters. The van der Waals surface area contributed by atoms with E-state index in [1.807, 2.05) is 31.2 Å². The molecule has 0 aliphatic carbocycles. The van der Waals surface area contributed by atoms with Gasteiger partial charge < -0.3 is 19.5 Å². The van der Waals surface area contributed by atoms with E-state index in [-0.39, 0.29) is 19.1 Å². The van der Waals surface area contributed by atoms with Crippen LogP contribution in [0, 0.1) is 6.92 Å². The van der Waals surface area contributed by atoms with Crippen molar-refractivity contribution in [2.45, 2.75) is 19.8 Å². The molecule has 1 N–H and O–H groups in total. The van der Waals surface area contributed by atoms with Crippen molar-refractivity contribution in [1.82, 2.24) is 4.90 Å². The topological polar surface area (TPSA) is 59.0 Å². The first-order chi connectivity index (χ1) is 13.0. The van der Waals surface area contributed by atoms with Gasteiger partial charge in [-0.2, -0.15) is 0 Å². The predicted molar refractivity (Wildman–Crippen MR) is 107 cm³/mol. The lowest BCUT2D eigenvalue weighted by Gasteiger charge is -2.23. The minimum absolute atomic E-state index is 0.0992. The van der Waals surface area contributed by atoms with Gasteiger partial charge in [0.15, 0.2) is 0 Å². The van der Waals surface area contributed by atoms with E-state index in [9.17, 15) is 9.90 Å². The fourth-order valence-electron chi connectivity index (χ4n) is 2.99.